The van der Waals surface area contributed by atoms with E-state index >= 15 is 0 Å². The Hall–Kier alpha value is -1.36. The van der Waals surface area contributed by atoms with Gasteiger partial charge in [-0.2, -0.15) is 5.10 Å². The van der Waals surface area contributed by atoms with Crippen LogP contribution in [0.2, 0.25) is 0 Å². The highest BCUT2D eigenvalue weighted by atomic mass is 16.2. The van der Waals surface area contributed by atoms with Crippen LogP contribution in [0.15, 0.2) is 0 Å². The predicted molar refractivity (Wildman–Crippen MR) is 93.5 cm³/mol. The molecule has 1 saturated heterocycles. The summed E-state index contributed by atoms with van der Waals surface area (Å²) >= 11 is 0. The maximum Gasteiger partial charge on any atom is 0.223 e. The Kier molecular flexibility index (Phi) is 6.63. The predicted octanol–water partition coefficient (Wildman–Crippen LogP) is 2.30. The minimum Gasteiger partial charge on any atom is -0.342 e. The largest absolute Gasteiger partial charge is 0.342 e. The molecule has 5 nitrogen and oxygen atoms in total. The van der Waals surface area contributed by atoms with Gasteiger partial charge in [-0.3, -0.25) is 9.48 Å². The molecule has 0 aromatic carbocycles. The second-order valence-electron chi connectivity index (χ2n) is 6.81. The monoisotopic (exact) mass is 320 g/mol. The average molecular weight is 320 g/mol. The SMILES string of the molecule is CCc1c(C)nn(CCNCCC(=O)N2CCC[C@@H](C)C2)c1C. The number of nitrogens with one attached hydrogen (secondary N) is 1. The highest BCUT2D eigenvalue weighted by molar-refractivity contribution is 5.76. The molecule has 130 valence electrons. The number of carbonyl (C=O) groups excluding carboxylic acids is 1. The van der Waals surface area contributed by atoms with Crippen molar-refractivity contribution in [1.29, 1.82) is 0 Å². The average Bonchev–Trinajstić information content (AvgIpc) is 2.80. The van der Waals surface area contributed by atoms with Crippen molar-refractivity contribution >= 4 is 5.91 Å². The summed E-state index contributed by atoms with van der Waals surface area (Å²) in [6.07, 6.45) is 4.04. The van der Waals surface area contributed by atoms with E-state index in [-0.39, 0.29) is 0 Å². The van der Waals surface area contributed by atoms with Gasteiger partial charge in [-0.1, -0.05) is 13.8 Å². The topological polar surface area (TPSA) is 50.2 Å². The van der Waals surface area contributed by atoms with Crippen LogP contribution in [-0.2, 0) is 17.8 Å². The highest BCUT2D eigenvalue weighted by Crippen LogP contribution is 2.16. The first-order valence-electron chi connectivity index (χ1n) is 9.04. The van der Waals surface area contributed by atoms with Crippen molar-refractivity contribution in [3.8, 4) is 0 Å². The number of piperidine rings is 1. The summed E-state index contributed by atoms with van der Waals surface area (Å²) in [5.41, 5.74) is 3.77. The van der Waals surface area contributed by atoms with Gasteiger partial charge in [-0.05, 0) is 44.6 Å². The zero-order chi connectivity index (χ0) is 16.8. The van der Waals surface area contributed by atoms with Crippen molar-refractivity contribution in [2.75, 3.05) is 26.2 Å². The van der Waals surface area contributed by atoms with Crippen LogP contribution in [0.25, 0.3) is 0 Å². The third-order valence-corrected chi connectivity index (χ3v) is 4.91. The second kappa shape index (κ2) is 8.48. The van der Waals surface area contributed by atoms with E-state index in [1.807, 2.05) is 4.90 Å². The summed E-state index contributed by atoms with van der Waals surface area (Å²) in [7, 11) is 0. The van der Waals surface area contributed by atoms with Crippen molar-refractivity contribution in [3.05, 3.63) is 17.0 Å². The zero-order valence-electron chi connectivity index (χ0n) is 15.2. The second-order valence-corrected chi connectivity index (χ2v) is 6.81. The Bertz CT molecular complexity index is 523. The van der Waals surface area contributed by atoms with E-state index in [1.54, 1.807) is 0 Å². The first-order chi connectivity index (χ1) is 11.0. The maximum absolute atomic E-state index is 12.2. The van der Waals surface area contributed by atoms with Crippen LogP contribution in [0.3, 0.4) is 0 Å². The zero-order valence-corrected chi connectivity index (χ0v) is 15.2. The molecule has 1 amide bonds. The molecule has 0 saturated carbocycles. The number of amides is 1. The molecular weight excluding hydrogens is 288 g/mol. The Balaban J connectivity index is 1.67. The van der Waals surface area contributed by atoms with Crippen LogP contribution in [-0.4, -0.2) is 46.8 Å². The number of hydrogen-bond donors (Lipinski definition) is 1. The molecule has 0 bridgehead atoms. The van der Waals surface area contributed by atoms with Crippen LogP contribution in [0.4, 0.5) is 0 Å². The molecule has 23 heavy (non-hydrogen) atoms. The Labute approximate surface area is 140 Å². The molecule has 0 radical (unpaired) electrons. The van der Waals surface area contributed by atoms with Gasteiger partial charge in [0.1, 0.15) is 0 Å². The summed E-state index contributed by atoms with van der Waals surface area (Å²) < 4.78 is 2.08. The van der Waals surface area contributed by atoms with Crippen molar-refractivity contribution in [3.63, 3.8) is 0 Å². The van der Waals surface area contributed by atoms with E-state index in [9.17, 15) is 4.79 Å². The molecule has 2 heterocycles. The minimum atomic E-state index is 0.295. The quantitative estimate of drug-likeness (QED) is 0.784. The number of carbonyl (C=O) groups is 1. The van der Waals surface area contributed by atoms with Crippen LogP contribution >= 0.6 is 0 Å². The Morgan fingerprint density at radius 2 is 2.13 bits per heavy atom. The van der Waals surface area contributed by atoms with Gasteiger partial charge in [0.15, 0.2) is 0 Å². The number of nitrogens with zero attached hydrogens (tertiary/aromatic N) is 3. The fraction of sp³-hybridized carbons (Fsp3) is 0.778. The lowest BCUT2D eigenvalue weighted by Crippen LogP contribution is -2.40. The smallest absolute Gasteiger partial charge is 0.223 e. The van der Waals surface area contributed by atoms with Gasteiger partial charge in [0, 0.05) is 38.3 Å². The lowest BCUT2D eigenvalue weighted by atomic mass is 10.00. The van der Waals surface area contributed by atoms with Gasteiger partial charge in [0.2, 0.25) is 5.91 Å². The van der Waals surface area contributed by atoms with Crippen LogP contribution in [0.1, 0.15) is 50.1 Å². The fourth-order valence-electron chi connectivity index (χ4n) is 3.54. The third kappa shape index (κ3) is 4.80. The molecular formula is C18H32N4O. The molecule has 1 aromatic rings. The molecule has 2 rings (SSSR count). The first-order valence-corrected chi connectivity index (χ1v) is 9.04. The summed E-state index contributed by atoms with van der Waals surface area (Å²) in [5, 5.41) is 7.98. The van der Waals surface area contributed by atoms with Crippen LogP contribution < -0.4 is 5.32 Å². The van der Waals surface area contributed by atoms with E-state index < -0.39 is 0 Å². The molecule has 1 aliphatic rings. The van der Waals surface area contributed by atoms with Gasteiger partial charge >= 0.3 is 0 Å². The summed E-state index contributed by atoms with van der Waals surface area (Å²) in [5.74, 6) is 0.947. The van der Waals surface area contributed by atoms with Gasteiger partial charge in [0.25, 0.3) is 0 Å². The number of hydrogen-bond acceptors (Lipinski definition) is 3. The molecule has 1 atom stereocenters. The number of rotatable bonds is 7. The molecule has 1 N–H and O–H groups in total. The fourth-order valence-corrected chi connectivity index (χ4v) is 3.54. The molecule has 1 fully saturated rings. The van der Waals surface area contributed by atoms with E-state index in [0.29, 0.717) is 18.2 Å². The van der Waals surface area contributed by atoms with Crippen molar-refractivity contribution in [2.45, 2.75) is 59.9 Å². The number of aromatic nitrogens is 2. The highest BCUT2D eigenvalue weighted by Gasteiger charge is 2.20. The van der Waals surface area contributed by atoms with Crippen molar-refractivity contribution in [1.82, 2.24) is 20.0 Å². The van der Waals surface area contributed by atoms with Gasteiger partial charge in [-0.25, -0.2) is 0 Å². The van der Waals surface area contributed by atoms with E-state index in [1.165, 1.54) is 17.7 Å². The molecule has 0 spiro atoms. The van der Waals surface area contributed by atoms with Crippen LogP contribution in [0.5, 0.6) is 0 Å². The summed E-state index contributed by atoms with van der Waals surface area (Å²) in [6, 6.07) is 0. The maximum atomic E-state index is 12.2. The van der Waals surface area contributed by atoms with Gasteiger partial charge in [0.05, 0.1) is 12.2 Å². The normalized spacial score (nSPS) is 18.4. The third-order valence-electron chi connectivity index (χ3n) is 4.91. The number of aryl methyl sites for hydroxylation is 1. The molecule has 1 aromatic heterocycles. The van der Waals surface area contributed by atoms with Gasteiger partial charge in [-0.15, -0.1) is 0 Å². The number of likely N-dealkylation sites (tertiary alicyclic amines) is 1. The Morgan fingerprint density at radius 3 is 2.78 bits per heavy atom. The van der Waals surface area contributed by atoms with E-state index in [2.05, 4.69) is 42.8 Å². The molecule has 5 heteroatoms. The van der Waals surface area contributed by atoms with E-state index in [4.69, 9.17) is 0 Å². The van der Waals surface area contributed by atoms with Gasteiger partial charge < -0.3 is 10.2 Å². The van der Waals surface area contributed by atoms with Crippen LogP contribution in [0, 0.1) is 19.8 Å². The molecule has 1 aliphatic heterocycles. The molecule has 0 unspecified atom stereocenters. The summed E-state index contributed by atoms with van der Waals surface area (Å²) in [4.78, 5) is 14.2. The van der Waals surface area contributed by atoms with Crippen molar-refractivity contribution in [2.24, 2.45) is 5.92 Å². The summed E-state index contributed by atoms with van der Waals surface area (Å²) in [6.45, 7) is 13.0. The standard InChI is InChI=1S/C18H32N4O/c1-5-17-15(3)20-22(16(17)4)12-10-19-9-8-18(23)21-11-6-7-14(2)13-21/h14,19H,5-13H2,1-4H3/t14-/m1/s1. The Morgan fingerprint density at radius 1 is 1.35 bits per heavy atom. The minimum absolute atomic E-state index is 0.295. The van der Waals surface area contributed by atoms with E-state index in [0.717, 1.165) is 51.3 Å². The van der Waals surface area contributed by atoms with Crippen molar-refractivity contribution < 1.29 is 4.79 Å². The first kappa shape index (κ1) is 18.0. The lowest BCUT2D eigenvalue weighted by Gasteiger charge is -2.31. The lowest BCUT2D eigenvalue weighted by molar-refractivity contribution is -0.132. The molecule has 0 aliphatic carbocycles.